The van der Waals surface area contributed by atoms with Gasteiger partial charge in [0.25, 0.3) is 0 Å². The minimum absolute atomic E-state index is 0.0297. The summed E-state index contributed by atoms with van der Waals surface area (Å²) < 4.78 is 34.2. The number of likely N-dealkylation sites (N-methyl/N-ethyl adjacent to an activating group) is 1. The largest absolute Gasteiger partial charge is 0.472 e. The second-order valence-electron chi connectivity index (χ2n) is 15.0. The highest BCUT2D eigenvalue weighted by atomic mass is 31.2. The van der Waals surface area contributed by atoms with E-state index in [9.17, 15) is 19.0 Å². The first-order chi connectivity index (χ1) is 24.5. The van der Waals surface area contributed by atoms with Crippen LogP contribution in [0.4, 0.5) is 0 Å². The monoisotopic (exact) mass is 745 g/mol. The molecular weight excluding hydrogens is 665 g/mol. The number of hydrogen-bond acceptors (Lipinski definition) is 7. The van der Waals surface area contributed by atoms with Crippen LogP contribution in [0.3, 0.4) is 0 Å². The van der Waals surface area contributed by atoms with Crippen molar-refractivity contribution in [3.05, 3.63) is 24.3 Å². The average Bonchev–Trinajstić information content (AvgIpc) is 3.07. The Morgan fingerprint density at radius 2 is 1.00 bits per heavy atom. The van der Waals surface area contributed by atoms with Gasteiger partial charge in [-0.05, 0) is 64.2 Å². The lowest BCUT2D eigenvalue weighted by Crippen LogP contribution is -2.37. The molecular formula is C41H79NO8P+. The number of hydrogen-bond donors (Lipinski definition) is 1. The molecule has 0 aromatic carbocycles. The van der Waals surface area contributed by atoms with Crippen molar-refractivity contribution in [2.24, 2.45) is 0 Å². The van der Waals surface area contributed by atoms with Gasteiger partial charge in [-0.25, -0.2) is 4.57 Å². The highest BCUT2D eigenvalue weighted by molar-refractivity contribution is 7.47. The Labute approximate surface area is 313 Å². The SMILES string of the molecule is CCCCC/C=C\CCCCCCCC(=O)OC[C@H](COP(=O)(O)OCC[N+](C)(C)C)OC(=O)CCCCCCC/C=C\CCCCCCCC. The van der Waals surface area contributed by atoms with Gasteiger partial charge in [0.15, 0.2) is 6.10 Å². The molecule has 0 spiro atoms. The van der Waals surface area contributed by atoms with E-state index in [4.69, 9.17) is 18.5 Å². The van der Waals surface area contributed by atoms with Crippen molar-refractivity contribution in [2.75, 3.05) is 47.5 Å². The van der Waals surface area contributed by atoms with Crippen LogP contribution in [0.15, 0.2) is 24.3 Å². The second-order valence-corrected chi connectivity index (χ2v) is 16.5. The van der Waals surface area contributed by atoms with E-state index < -0.39 is 26.5 Å². The van der Waals surface area contributed by atoms with Crippen molar-refractivity contribution in [1.82, 2.24) is 0 Å². The van der Waals surface area contributed by atoms with Crippen molar-refractivity contribution in [3.63, 3.8) is 0 Å². The van der Waals surface area contributed by atoms with Crippen LogP contribution >= 0.6 is 7.82 Å². The van der Waals surface area contributed by atoms with Crippen LogP contribution in [0.25, 0.3) is 0 Å². The first kappa shape index (κ1) is 49.5. The molecule has 300 valence electrons. The number of nitrogens with zero attached hydrogens (tertiary/aromatic N) is 1. The van der Waals surface area contributed by atoms with Gasteiger partial charge >= 0.3 is 19.8 Å². The van der Waals surface area contributed by atoms with Gasteiger partial charge in [-0.3, -0.25) is 18.6 Å². The normalized spacial score (nSPS) is 13.9. The topological polar surface area (TPSA) is 108 Å². The fourth-order valence-electron chi connectivity index (χ4n) is 5.41. The highest BCUT2D eigenvalue weighted by Crippen LogP contribution is 2.43. The molecule has 0 heterocycles. The van der Waals surface area contributed by atoms with Crippen molar-refractivity contribution in [1.29, 1.82) is 0 Å². The Bertz CT molecular complexity index is 933. The van der Waals surface area contributed by atoms with E-state index in [1.807, 2.05) is 21.1 Å². The molecule has 0 aliphatic carbocycles. The first-order valence-corrected chi connectivity index (χ1v) is 22.1. The molecule has 0 aliphatic rings. The summed E-state index contributed by atoms with van der Waals surface area (Å²) in [5.74, 6) is -0.818. The summed E-state index contributed by atoms with van der Waals surface area (Å²) in [6, 6.07) is 0. The van der Waals surface area contributed by atoms with E-state index >= 15 is 0 Å². The van der Waals surface area contributed by atoms with Crippen LogP contribution in [0, 0.1) is 0 Å². The molecule has 0 aromatic rings. The van der Waals surface area contributed by atoms with Gasteiger partial charge in [-0.2, -0.15) is 0 Å². The third-order valence-electron chi connectivity index (χ3n) is 8.70. The molecule has 1 unspecified atom stereocenters. The summed E-state index contributed by atoms with van der Waals surface area (Å²) >= 11 is 0. The zero-order valence-electron chi connectivity index (χ0n) is 33.6. The first-order valence-electron chi connectivity index (χ1n) is 20.6. The molecule has 51 heavy (non-hydrogen) atoms. The smallest absolute Gasteiger partial charge is 0.462 e. The zero-order chi connectivity index (χ0) is 37.9. The van der Waals surface area contributed by atoms with Crippen LogP contribution in [0.5, 0.6) is 0 Å². The van der Waals surface area contributed by atoms with E-state index in [1.165, 1.54) is 70.6 Å². The van der Waals surface area contributed by atoms with Crippen LogP contribution in [-0.4, -0.2) is 74.9 Å². The fourth-order valence-corrected chi connectivity index (χ4v) is 6.16. The summed E-state index contributed by atoms with van der Waals surface area (Å²) in [5.41, 5.74) is 0. The maximum Gasteiger partial charge on any atom is 0.472 e. The maximum atomic E-state index is 12.6. The summed E-state index contributed by atoms with van der Waals surface area (Å²) in [6.07, 6.45) is 35.0. The predicted molar refractivity (Wildman–Crippen MR) is 211 cm³/mol. The van der Waals surface area contributed by atoms with Crippen LogP contribution in [-0.2, 0) is 32.7 Å². The molecule has 0 aliphatic heterocycles. The number of carbonyl (C=O) groups excluding carboxylic acids is 2. The van der Waals surface area contributed by atoms with Gasteiger partial charge in [-0.15, -0.1) is 0 Å². The zero-order valence-corrected chi connectivity index (χ0v) is 34.5. The lowest BCUT2D eigenvalue weighted by molar-refractivity contribution is -0.870. The summed E-state index contributed by atoms with van der Waals surface area (Å²) in [5, 5.41) is 0. The van der Waals surface area contributed by atoms with Crippen LogP contribution < -0.4 is 0 Å². The van der Waals surface area contributed by atoms with Gasteiger partial charge in [0, 0.05) is 12.8 Å². The summed E-state index contributed by atoms with van der Waals surface area (Å²) in [4.78, 5) is 35.2. The summed E-state index contributed by atoms with van der Waals surface area (Å²) in [7, 11) is 1.47. The van der Waals surface area contributed by atoms with Gasteiger partial charge in [-0.1, -0.05) is 122 Å². The second kappa shape index (κ2) is 34.3. The number of quaternary nitrogens is 1. The van der Waals surface area contributed by atoms with Gasteiger partial charge in [0.1, 0.15) is 19.8 Å². The number of rotatable bonds is 37. The standard InChI is InChI=1S/C41H78NO8P/c1-6-8-10-12-14-16-18-20-21-22-24-26-28-30-32-34-41(44)50-39(38-49-51(45,46)48-36-35-42(3,4)5)37-47-40(43)33-31-29-27-25-23-19-17-15-13-11-9-7-2/h15,17,20-21,39H,6-14,16,18-19,22-38H2,1-5H3/p+1/b17-15-,21-20-/t39-/m1/s1. The molecule has 0 bridgehead atoms. The number of phosphoric acid groups is 1. The van der Waals surface area contributed by atoms with Gasteiger partial charge < -0.3 is 18.9 Å². The average molecular weight is 745 g/mol. The predicted octanol–water partition coefficient (Wildman–Crippen LogP) is 11.2. The van der Waals surface area contributed by atoms with Gasteiger partial charge in [0.2, 0.25) is 0 Å². The number of allylic oxidation sites excluding steroid dienone is 4. The molecule has 0 saturated heterocycles. The van der Waals surface area contributed by atoms with Crippen molar-refractivity contribution < 1.29 is 42.1 Å². The summed E-state index contributed by atoms with van der Waals surface area (Å²) in [6.45, 7) is 4.37. The number of ether oxygens (including phenoxy) is 2. The Balaban J connectivity index is 4.42. The van der Waals surface area contributed by atoms with Crippen molar-refractivity contribution in [3.8, 4) is 0 Å². The van der Waals surface area contributed by atoms with Gasteiger partial charge in [0.05, 0.1) is 27.7 Å². The number of esters is 2. The molecule has 10 heteroatoms. The number of unbranched alkanes of at least 4 members (excludes halogenated alkanes) is 19. The fraction of sp³-hybridized carbons (Fsp3) is 0.854. The highest BCUT2D eigenvalue weighted by Gasteiger charge is 2.27. The van der Waals surface area contributed by atoms with E-state index in [-0.39, 0.29) is 32.0 Å². The minimum atomic E-state index is -4.37. The molecule has 0 radical (unpaired) electrons. The molecule has 0 rings (SSSR count). The molecule has 1 N–H and O–H groups in total. The Morgan fingerprint density at radius 3 is 1.49 bits per heavy atom. The lowest BCUT2D eigenvalue weighted by atomic mass is 10.1. The molecule has 0 aromatic heterocycles. The molecule has 0 amide bonds. The van der Waals surface area contributed by atoms with E-state index in [2.05, 4.69) is 38.2 Å². The Hall–Kier alpha value is -1.51. The molecule has 9 nitrogen and oxygen atoms in total. The third kappa shape index (κ3) is 38.0. The van der Waals surface area contributed by atoms with Crippen LogP contribution in [0.2, 0.25) is 0 Å². The van der Waals surface area contributed by atoms with Crippen molar-refractivity contribution in [2.45, 2.75) is 180 Å². The van der Waals surface area contributed by atoms with Crippen LogP contribution in [0.1, 0.15) is 174 Å². The quantitative estimate of drug-likeness (QED) is 0.0220. The van der Waals surface area contributed by atoms with Crippen molar-refractivity contribution >= 4 is 19.8 Å². The number of phosphoric ester groups is 1. The van der Waals surface area contributed by atoms with E-state index in [0.29, 0.717) is 17.4 Å². The Kier molecular flexibility index (Phi) is 33.3. The third-order valence-corrected chi connectivity index (χ3v) is 9.69. The minimum Gasteiger partial charge on any atom is -0.462 e. The molecule has 0 fully saturated rings. The number of carbonyl (C=O) groups is 2. The Morgan fingerprint density at radius 1 is 0.588 bits per heavy atom. The maximum absolute atomic E-state index is 12.6. The lowest BCUT2D eigenvalue weighted by Gasteiger charge is -2.24. The van der Waals surface area contributed by atoms with E-state index in [0.717, 1.165) is 70.6 Å². The molecule has 0 saturated carbocycles. The molecule has 2 atom stereocenters. The van der Waals surface area contributed by atoms with E-state index in [1.54, 1.807) is 0 Å².